The number of hydrogen-bond donors (Lipinski definition) is 1. The number of carbonyl (C=O) groups excluding carboxylic acids is 2. The Bertz CT molecular complexity index is 849. The van der Waals surface area contributed by atoms with Gasteiger partial charge < -0.3 is 10.2 Å². The molecule has 0 bridgehead atoms. The minimum atomic E-state index is -0.00505. The third kappa shape index (κ3) is 4.86. The summed E-state index contributed by atoms with van der Waals surface area (Å²) in [5.74, 6) is 0.0899. The molecule has 2 fully saturated rings. The van der Waals surface area contributed by atoms with Crippen LogP contribution in [0.3, 0.4) is 0 Å². The van der Waals surface area contributed by atoms with E-state index >= 15 is 0 Å². The van der Waals surface area contributed by atoms with Crippen LogP contribution in [0, 0.1) is 0 Å². The zero-order valence-electron chi connectivity index (χ0n) is 15.8. The molecule has 1 aromatic carbocycles. The first-order chi connectivity index (χ1) is 13.7. The number of hydrogen-bond acceptors (Lipinski definition) is 4. The van der Waals surface area contributed by atoms with Crippen molar-refractivity contribution in [2.24, 2.45) is 0 Å². The van der Waals surface area contributed by atoms with Gasteiger partial charge in [0.1, 0.15) is 0 Å². The molecule has 4 rings (SSSR count). The summed E-state index contributed by atoms with van der Waals surface area (Å²) in [4.78, 5) is 28.3. The lowest BCUT2D eigenvalue weighted by Crippen LogP contribution is -2.51. The van der Waals surface area contributed by atoms with Crippen LogP contribution in [0.15, 0.2) is 48.8 Å². The van der Waals surface area contributed by atoms with Crippen LogP contribution in [0.5, 0.6) is 0 Å². The molecule has 2 heterocycles. The molecule has 2 amide bonds. The second-order valence-corrected chi connectivity index (χ2v) is 7.33. The minimum Gasteiger partial charge on any atom is -0.352 e. The summed E-state index contributed by atoms with van der Waals surface area (Å²) in [7, 11) is 0. The van der Waals surface area contributed by atoms with Crippen LogP contribution in [0.4, 0.5) is 0 Å². The Morgan fingerprint density at radius 2 is 1.86 bits per heavy atom. The molecule has 1 aliphatic carbocycles. The van der Waals surface area contributed by atoms with Crippen molar-refractivity contribution < 1.29 is 9.59 Å². The smallest absolute Gasteiger partial charge is 0.246 e. The number of benzene rings is 1. The van der Waals surface area contributed by atoms with E-state index in [1.165, 1.54) is 0 Å². The third-order valence-electron chi connectivity index (χ3n) is 5.04. The number of piperazine rings is 1. The molecule has 1 N–H and O–H groups in total. The normalized spacial score (nSPS) is 17.8. The highest BCUT2D eigenvalue weighted by Gasteiger charge is 2.25. The molecule has 1 aliphatic heterocycles. The fourth-order valence-corrected chi connectivity index (χ4v) is 3.25. The predicted molar refractivity (Wildman–Crippen MR) is 107 cm³/mol. The second kappa shape index (κ2) is 8.39. The highest BCUT2D eigenvalue weighted by Crippen LogP contribution is 2.18. The largest absolute Gasteiger partial charge is 0.352 e. The first-order valence-electron chi connectivity index (χ1n) is 9.76. The Morgan fingerprint density at radius 3 is 2.57 bits per heavy atom. The van der Waals surface area contributed by atoms with E-state index in [0.717, 1.165) is 37.2 Å². The Kier molecular flexibility index (Phi) is 5.53. The maximum Gasteiger partial charge on any atom is 0.246 e. The lowest BCUT2D eigenvalue weighted by atomic mass is 10.2. The van der Waals surface area contributed by atoms with Crippen LogP contribution in [0.25, 0.3) is 11.8 Å². The van der Waals surface area contributed by atoms with E-state index in [-0.39, 0.29) is 11.8 Å². The van der Waals surface area contributed by atoms with Gasteiger partial charge in [-0.25, -0.2) is 4.68 Å². The number of carbonyl (C=O) groups is 2. The maximum atomic E-state index is 12.4. The van der Waals surface area contributed by atoms with Gasteiger partial charge in [0.05, 0.1) is 18.4 Å². The highest BCUT2D eigenvalue weighted by molar-refractivity contribution is 5.91. The molecule has 0 atom stereocenters. The predicted octanol–water partition coefficient (Wildman–Crippen LogP) is 1.31. The first kappa shape index (κ1) is 18.4. The van der Waals surface area contributed by atoms with Gasteiger partial charge in [-0.1, -0.05) is 18.2 Å². The second-order valence-electron chi connectivity index (χ2n) is 7.33. The van der Waals surface area contributed by atoms with E-state index in [1.54, 1.807) is 23.0 Å². The van der Waals surface area contributed by atoms with Crippen molar-refractivity contribution in [2.75, 3.05) is 32.7 Å². The van der Waals surface area contributed by atoms with E-state index in [2.05, 4.69) is 15.3 Å². The van der Waals surface area contributed by atoms with Crippen molar-refractivity contribution in [1.29, 1.82) is 0 Å². The highest BCUT2D eigenvalue weighted by atomic mass is 16.2. The van der Waals surface area contributed by atoms with Crippen molar-refractivity contribution in [3.05, 3.63) is 54.4 Å². The molecule has 1 aromatic heterocycles. The zero-order valence-corrected chi connectivity index (χ0v) is 15.8. The van der Waals surface area contributed by atoms with E-state index in [4.69, 9.17) is 0 Å². The van der Waals surface area contributed by atoms with Crippen LogP contribution in [0.1, 0.15) is 18.4 Å². The Balaban J connectivity index is 1.25. The van der Waals surface area contributed by atoms with Gasteiger partial charge in [0.25, 0.3) is 0 Å². The molecule has 1 saturated heterocycles. The topological polar surface area (TPSA) is 70.5 Å². The SMILES string of the molecule is O=C(CN1CCN(C(=O)C=Cc2cnn(-c3ccccc3)c2)CC1)NC1CC1. The quantitative estimate of drug-likeness (QED) is 0.769. The van der Waals surface area contributed by atoms with Gasteiger partial charge in [-0.3, -0.25) is 14.5 Å². The number of para-hydroxylation sites is 1. The summed E-state index contributed by atoms with van der Waals surface area (Å²) in [6, 6.07) is 10.3. The molecule has 7 nitrogen and oxygen atoms in total. The zero-order chi connectivity index (χ0) is 19.3. The van der Waals surface area contributed by atoms with E-state index in [0.29, 0.717) is 25.7 Å². The minimum absolute atomic E-state index is 0.00505. The maximum absolute atomic E-state index is 12.4. The summed E-state index contributed by atoms with van der Waals surface area (Å²) in [5.41, 5.74) is 1.86. The summed E-state index contributed by atoms with van der Waals surface area (Å²) in [5, 5.41) is 7.34. The first-order valence-corrected chi connectivity index (χ1v) is 9.76. The van der Waals surface area contributed by atoms with Gasteiger partial charge in [0, 0.05) is 50.1 Å². The summed E-state index contributed by atoms with van der Waals surface area (Å²) < 4.78 is 1.79. The fourth-order valence-electron chi connectivity index (χ4n) is 3.25. The summed E-state index contributed by atoms with van der Waals surface area (Å²) >= 11 is 0. The molecule has 2 aliphatic rings. The van der Waals surface area contributed by atoms with Gasteiger partial charge >= 0.3 is 0 Å². The molecule has 28 heavy (non-hydrogen) atoms. The fraction of sp³-hybridized carbons (Fsp3) is 0.381. The molecule has 2 aromatic rings. The van der Waals surface area contributed by atoms with Gasteiger partial charge in [0.15, 0.2) is 0 Å². The van der Waals surface area contributed by atoms with Crippen molar-refractivity contribution in [3.63, 3.8) is 0 Å². The van der Waals surface area contributed by atoms with E-state index in [9.17, 15) is 9.59 Å². The molecule has 146 valence electrons. The average Bonchev–Trinajstić information content (AvgIpc) is 3.40. The van der Waals surface area contributed by atoms with Crippen molar-refractivity contribution in [2.45, 2.75) is 18.9 Å². The molecular weight excluding hydrogens is 354 g/mol. The number of aromatic nitrogens is 2. The van der Waals surface area contributed by atoms with Gasteiger partial charge in [0.2, 0.25) is 11.8 Å². The summed E-state index contributed by atoms with van der Waals surface area (Å²) in [6.07, 6.45) is 9.24. The molecular formula is C21H25N5O2. The Labute approximate surface area is 164 Å². The summed E-state index contributed by atoms with van der Waals surface area (Å²) in [6.45, 7) is 3.16. The third-order valence-corrected chi connectivity index (χ3v) is 5.04. The standard InChI is InChI=1S/C21H25N5O2/c27-20(23-18-7-8-18)16-24-10-12-25(13-11-24)21(28)9-6-17-14-22-26(15-17)19-4-2-1-3-5-19/h1-6,9,14-15,18H,7-8,10-13,16H2,(H,23,27). The number of rotatable bonds is 6. The van der Waals surface area contributed by atoms with Crippen molar-refractivity contribution >= 4 is 17.9 Å². The van der Waals surface area contributed by atoms with Crippen LogP contribution in [-0.2, 0) is 9.59 Å². The lowest BCUT2D eigenvalue weighted by Gasteiger charge is -2.33. The van der Waals surface area contributed by atoms with Crippen LogP contribution < -0.4 is 5.32 Å². The Morgan fingerprint density at radius 1 is 1.11 bits per heavy atom. The average molecular weight is 379 g/mol. The molecule has 7 heteroatoms. The van der Waals surface area contributed by atoms with E-state index in [1.807, 2.05) is 41.4 Å². The number of nitrogens with zero attached hydrogens (tertiary/aromatic N) is 4. The molecule has 0 spiro atoms. The van der Waals surface area contributed by atoms with Gasteiger partial charge in [-0.05, 0) is 31.1 Å². The van der Waals surface area contributed by atoms with Crippen molar-refractivity contribution in [3.8, 4) is 5.69 Å². The van der Waals surface area contributed by atoms with Gasteiger partial charge in [-0.2, -0.15) is 5.10 Å². The Hall–Kier alpha value is -2.93. The molecule has 0 radical (unpaired) electrons. The van der Waals surface area contributed by atoms with Crippen LogP contribution >= 0.6 is 0 Å². The molecule has 0 unspecified atom stereocenters. The number of nitrogens with one attached hydrogen (secondary N) is 1. The number of amides is 2. The molecule has 1 saturated carbocycles. The van der Waals surface area contributed by atoms with Crippen molar-refractivity contribution in [1.82, 2.24) is 24.9 Å². The van der Waals surface area contributed by atoms with Crippen LogP contribution in [0.2, 0.25) is 0 Å². The van der Waals surface area contributed by atoms with E-state index < -0.39 is 0 Å². The van der Waals surface area contributed by atoms with Crippen LogP contribution in [-0.4, -0.2) is 70.2 Å². The monoisotopic (exact) mass is 379 g/mol. The van der Waals surface area contributed by atoms with Gasteiger partial charge in [-0.15, -0.1) is 0 Å². The lowest BCUT2D eigenvalue weighted by molar-refractivity contribution is -0.128.